The molecule has 1 saturated heterocycles. The Bertz CT molecular complexity index is 987. The molecule has 2 aromatic rings. The predicted octanol–water partition coefficient (Wildman–Crippen LogP) is 3.70. The summed E-state index contributed by atoms with van der Waals surface area (Å²) in [5.41, 5.74) is 2.24. The topological polar surface area (TPSA) is 57.7 Å². The fraction of sp³-hybridized carbons (Fsp3) is 0.409. The zero-order valence-electron chi connectivity index (χ0n) is 16.2. The molecule has 28 heavy (non-hydrogen) atoms. The van der Waals surface area contributed by atoms with Gasteiger partial charge in [0, 0.05) is 25.2 Å². The van der Waals surface area contributed by atoms with Crippen molar-refractivity contribution in [1.29, 1.82) is 0 Å². The third-order valence-corrected chi connectivity index (χ3v) is 7.49. The first kappa shape index (κ1) is 19.0. The van der Waals surface area contributed by atoms with E-state index in [4.69, 9.17) is 0 Å². The number of piperidine rings is 1. The minimum Gasteiger partial charge on any atom is -0.338 e. The van der Waals surface area contributed by atoms with Crippen LogP contribution in [-0.2, 0) is 16.4 Å². The van der Waals surface area contributed by atoms with Gasteiger partial charge in [-0.25, -0.2) is 8.42 Å². The van der Waals surface area contributed by atoms with Crippen molar-refractivity contribution in [3.05, 3.63) is 59.7 Å². The molecule has 1 fully saturated rings. The number of para-hydroxylation sites is 1. The van der Waals surface area contributed by atoms with Crippen molar-refractivity contribution in [2.45, 2.75) is 37.5 Å². The second-order valence-electron chi connectivity index (χ2n) is 7.84. The number of rotatable bonds is 3. The smallest absolute Gasteiger partial charge is 0.264 e. The molecule has 1 atom stereocenters. The minimum atomic E-state index is -3.71. The summed E-state index contributed by atoms with van der Waals surface area (Å²) in [7, 11) is -3.71. The van der Waals surface area contributed by atoms with Crippen LogP contribution in [-0.4, -0.2) is 38.9 Å². The van der Waals surface area contributed by atoms with Crippen LogP contribution in [0.4, 0.5) is 5.69 Å². The second kappa shape index (κ2) is 7.59. The Morgan fingerprint density at radius 1 is 1.04 bits per heavy atom. The van der Waals surface area contributed by atoms with Crippen molar-refractivity contribution in [1.82, 2.24) is 4.90 Å². The molecule has 0 saturated carbocycles. The molecular formula is C22H26N2O3S. The van der Waals surface area contributed by atoms with E-state index >= 15 is 0 Å². The van der Waals surface area contributed by atoms with Crippen LogP contribution < -0.4 is 4.31 Å². The van der Waals surface area contributed by atoms with Gasteiger partial charge >= 0.3 is 0 Å². The Hall–Kier alpha value is -2.34. The van der Waals surface area contributed by atoms with Gasteiger partial charge in [0.25, 0.3) is 15.9 Å². The Kier molecular flexibility index (Phi) is 5.15. The molecule has 4 rings (SSSR count). The fourth-order valence-corrected chi connectivity index (χ4v) is 5.81. The van der Waals surface area contributed by atoms with Crippen molar-refractivity contribution in [2.24, 2.45) is 5.92 Å². The van der Waals surface area contributed by atoms with E-state index in [1.54, 1.807) is 18.2 Å². The van der Waals surface area contributed by atoms with Crippen LogP contribution in [0.15, 0.2) is 53.4 Å². The highest BCUT2D eigenvalue weighted by molar-refractivity contribution is 7.92. The van der Waals surface area contributed by atoms with E-state index in [0.29, 0.717) is 18.0 Å². The average molecular weight is 399 g/mol. The van der Waals surface area contributed by atoms with Gasteiger partial charge in [0.15, 0.2) is 0 Å². The number of anilines is 1. The standard InChI is InChI=1S/C22H26N2O3S/c1-17-7-5-13-23(16-17)22(25)19-9-4-11-20(15-19)28(26,27)24-14-6-10-18-8-2-3-12-21(18)24/h2-4,8-9,11-12,15,17H,5-7,10,13-14,16H2,1H3/t17-/m0/s1. The summed E-state index contributed by atoms with van der Waals surface area (Å²) in [5.74, 6) is 0.400. The van der Waals surface area contributed by atoms with E-state index in [0.717, 1.165) is 50.0 Å². The maximum atomic E-state index is 13.4. The molecule has 0 aliphatic carbocycles. The van der Waals surface area contributed by atoms with Crippen LogP contribution in [0.25, 0.3) is 0 Å². The van der Waals surface area contributed by atoms with Gasteiger partial charge in [-0.2, -0.15) is 0 Å². The quantitative estimate of drug-likeness (QED) is 0.792. The molecule has 5 nitrogen and oxygen atoms in total. The number of amides is 1. The molecule has 2 aliphatic rings. The van der Waals surface area contributed by atoms with Gasteiger partial charge in [0.2, 0.25) is 0 Å². The Labute approximate surface area is 167 Å². The zero-order chi connectivity index (χ0) is 19.7. The molecule has 0 N–H and O–H groups in total. The molecule has 148 valence electrons. The number of benzene rings is 2. The van der Waals surface area contributed by atoms with Crippen molar-refractivity contribution in [3.8, 4) is 0 Å². The second-order valence-corrected chi connectivity index (χ2v) is 9.70. The molecule has 0 unspecified atom stereocenters. The zero-order valence-corrected chi connectivity index (χ0v) is 17.0. The lowest BCUT2D eigenvalue weighted by Crippen LogP contribution is -2.39. The Morgan fingerprint density at radius 3 is 2.68 bits per heavy atom. The SMILES string of the molecule is C[C@H]1CCCN(C(=O)c2cccc(S(=O)(=O)N3CCCc4ccccc43)c2)C1. The summed E-state index contributed by atoms with van der Waals surface area (Å²) >= 11 is 0. The van der Waals surface area contributed by atoms with E-state index in [-0.39, 0.29) is 10.8 Å². The number of aryl methyl sites for hydroxylation is 1. The first-order valence-corrected chi connectivity index (χ1v) is 11.4. The van der Waals surface area contributed by atoms with Crippen LogP contribution in [0.1, 0.15) is 42.1 Å². The monoisotopic (exact) mass is 398 g/mol. The fourth-order valence-electron chi connectivity index (χ4n) is 4.22. The number of hydrogen-bond donors (Lipinski definition) is 0. The number of carbonyl (C=O) groups excluding carboxylic acids is 1. The van der Waals surface area contributed by atoms with Crippen molar-refractivity contribution in [3.63, 3.8) is 0 Å². The number of nitrogens with zero attached hydrogens (tertiary/aromatic N) is 2. The van der Waals surface area contributed by atoms with Gasteiger partial charge in [-0.1, -0.05) is 31.2 Å². The first-order valence-electron chi connectivity index (χ1n) is 9.97. The normalized spacial score (nSPS) is 20.0. The number of sulfonamides is 1. The van der Waals surface area contributed by atoms with Crippen molar-refractivity contribution in [2.75, 3.05) is 23.9 Å². The average Bonchev–Trinajstić information content (AvgIpc) is 2.73. The lowest BCUT2D eigenvalue weighted by Gasteiger charge is -2.32. The number of likely N-dealkylation sites (tertiary alicyclic amines) is 1. The van der Waals surface area contributed by atoms with Gasteiger partial charge in [-0.3, -0.25) is 9.10 Å². The summed E-state index contributed by atoms with van der Waals surface area (Å²) < 4.78 is 28.2. The van der Waals surface area contributed by atoms with E-state index in [9.17, 15) is 13.2 Å². The molecule has 0 bridgehead atoms. The molecule has 1 amide bonds. The summed E-state index contributed by atoms with van der Waals surface area (Å²) in [5, 5.41) is 0. The highest BCUT2D eigenvalue weighted by Gasteiger charge is 2.30. The summed E-state index contributed by atoms with van der Waals surface area (Å²) in [6.07, 6.45) is 3.80. The van der Waals surface area contributed by atoms with E-state index in [1.807, 2.05) is 29.2 Å². The molecule has 0 radical (unpaired) electrons. The number of fused-ring (bicyclic) bond motifs is 1. The molecule has 2 heterocycles. The summed E-state index contributed by atoms with van der Waals surface area (Å²) in [6, 6.07) is 14.1. The molecule has 0 aromatic heterocycles. The lowest BCUT2D eigenvalue weighted by atomic mass is 9.99. The molecular weight excluding hydrogens is 372 g/mol. The van der Waals surface area contributed by atoms with Gasteiger partial charge in [-0.05, 0) is 61.4 Å². The maximum absolute atomic E-state index is 13.4. The summed E-state index contributed by atoms with van der Waals surface area (Å²) in [6.45, 7) is 4.07. The highest BCUT2D eigenvalue weighted by atomic mass is 32.2. The van der Waals surface area contributed by atoms with E-state index in [1.165, 1.54) is 10.4 Å². The minimum absolute atomic E-state index is 0.0809. The van der Waals surface area contributed by atoms with Crippen LogP contribution >= 0.6 is 0 Å². The maximum Gasteiger partial charge on any atom is 0.264 e. The van der Waals surface area contributed by atoms with E-state index in [2.05, 4.69) is 6.92 Å². The molecule has 0 spiro atoms. The van der Waals surface area contributed by atoms with Gasteiger partial charge in [0.05, 0.1) is 10.6 Å². The van der Waals surface area contributed by atoms with Gasteiger partial charge < -0.3 is 4.90 Å². The van der Waals surface area contributed by atoms with Crippen molar-refractivity contribution >= 4 is 21.6 Å². The van der Waals surface area contributed by atoms with Gasteiger partial charge in [-0.15, -0.1) is 0 Å². The molecule has 6 heteroatoms. The van der Waals surface area contributed by atoms with E-state index < -0.39 is 10.0 Å². The number of carbonyl (C=O) groups is 1. The number of hydrogen-bond acceptors (Lipinski definition) is 3. The predicted molar refractivity (Wildman–Crippen MR) is 110 cm³/mol. The van der Waals surface area contributed by atoms with Crippen LogP contribution in [0, 0.1) is 5.92 Å². The first-order chi connectivity index (χ1) is 13.5. The van der Waals surface area contributed by atoms with Crippen molar-refractivity contribution < 1.29 is 13.2 Å². The van der Waals surface area contributed by atoms with Crippen LogP contribution in [0.5, 0.6) is 0 Å². The largest absolute Gasteiger partial charge is 0.338 e. The van der Waals surface area contributed by atoms with Gasteiger partial charge in [0.1, 0.15) is 0 Å². The summed E-state index contributed by atoms with van der Waals surface area (Å²) in [4.78, 5) is 14.9. The van der Waals surface area contributed by atoms with Crippen LogP contribution in [0.2, 0.25) is 0 Å². The third kappa shape index (κ3) is 3.53. The Balaban J connectivity index is 1.65. The lowest BCUT2D eigenvalue weighted by molar-refractivity contribution is 0.0683. The Morgan fingerprint density at radius 2 is 1.86 bits per heavy atom. The molecule has 2 aromatic carbocycles. The third-order valence-electron chi connectivity index (χ3n) is 5.68. The molecule has 2 aliphatic heterocycles. The van der Waals surface area contributed by atoms with Crippen LogP contribution in [0.3, 0.4) is 0 Å². The highest BCUT2D eigenvalue weighted by Crippen LogP contribution is 2.32.